The molecule has 92 valence electrons. The molecule has 1 atom stereocenters. The zero-order valence-electron chi connectivity index (χ0n) is 10.9. The predicted octanol–water partition coefficient (Wildman–Crippen LogP) is 1.56. The van der Waals surface area contributed by atoms with Crippen LogP contribution < -0.4 is 11.1 Å². The molecule has 0 spiro atoms. The third kappa shape index (κ3) is 3.49. The molecule has 0 bridgehead atoms. The molecule has 16 heavy (non-hydrogen) atoms. The SMILES string of the molecule is CCC(CC#N)NC(=O)C(C)(C)C(C)(C)N. The summed E-state index contributed by atoms with van der Waals surface area (Å²) in [5.41, 5.74) is 4.73. The second kappa shape index (κ2) is 5.31. The van der Waals surface area contributed by atoms with E-state index in [1.807, 2.05) is 34.6 Å². The summed E-state index contributed by atoms with van der Waals surface area (Å²) < 4.78 is 0. The Kier molecular flexibility index (Phi) is 4.95. The van der Waals surface area contributed by atoms with Crippen molar-refractivity contribution in [1.82, 2.24) is 5.32 Å². The smallest absolute Gasteiger partial charge is 0.227 e. The molecular weight excluding hydrogens is 202 g/mol. The van der Waals surface area contributed by atoms with Gasteiger partial charge in [-0.15, -0.1) is 0 Å². The average Bonchev–Trinajstić information content (AvgIpc) is 2.15. The number of carbonyl (C=O) groups is 1. The highest BCUT2D eigenvalue weighted by Crippen LogP contribution is 2.28. The topological polar surface area (TPSA) is 78.9 Å². The molecule has 0 aliphatic rings. The molecule has 0 saturated carbocycles. The fraction of sp³-hybridized carbons (Fsp3) is 0.833. The first-order valence-corrected chi connectivity index (χ1v) is 5.63. The maximum atomic E-state index is 12.1. The Bertz CT molecular complexity index is 284. The first-order chi connectivity index (χ1) is 7.16. The number of nitriles is 1. The van der Waals surface area contributed by atoms with Crippen LogP contribution in [-0.4, -0.2) is 17.5 Å². The summed E-state index contributed by atoms with van der Waals surface area (Å²) in [5.74, 6) is -0.0953. The average molecular weight is 225 g/mol. The molecule has 1 amide bonds. The minimum absolute atomic E-state index is 0.0841. The molecule has 0 aromatic heterocycles. The van der Waals surface area contributed by atoms with Crippen LogP contribution in [0.25, 0.3) is 0 Å². The Morgan fingerprint density at radius 1 is 1.44 bits per heavy atom. The van der Waals surface area contributed by atoms with Crippen LogP contribution >= 0.6 is 0 Å². The number of hydrogen-bond acceptors (Lipinski definition) is 3. The van der Waals surface area contributed by atoms with Crippen molar-refractivity contribution < 1.29 is 4.79 Å². The fourth-order valence-electron chi connectivity index (χ4n) is 1.07. The van der Waals surface area contributed by atoms with Gasteiger partial charge >= 0.3 is 0 Å². The third-order valence-electron chi connectivity index (χ3n) is 3.34. The molecule has 0 aromatic carbocycles. The summed E-state index contributed by atoms with van der Waals surface area (Å²) in [6.45, 7) is 9.25. The largest absolute Gasteiger partial charge is 0.352 e. The number of nitrogens with two attached hydrogens (primary N) is 1. The molecule has 4 nitrogen and oxygen atoms in total. The zero-order valence-corrected chi connectivity index (χ0v) is 10.9. The molecule has 0 saturated heterocycles. The molecule has 0 aliphatic carbocycles. The Labute approximate surface area is 98.2 Å². The summed E-state index contributed by atoms with van der Waals surface area (Å²) in [6.07, 6.45) is 1.09. The first-order valence-electron chi connectivity index (χ1n) is 5.63. The van der Waals surface area contributed by atoms with E-state index < -0.39 is 11.0 Å². The first kappa shape index (κ1) is 14.9. The molecule has 1 unspecified atom stereocenters. The molecule has 0 radical (unpaired) electrons. The van der Waals surface area contributed by atoms with E-state index in [9.17, 15) is 4.79 Å². The number of nitrogens with one attached hydrogen (secondary N) is 1. The number of hydrogen-bond donors (Lipinski definition) is 2. The van der Waals surface area contributed by atoms with Gasteiger partial charge in [-0.3, -0.25) is 4.79 Å². The van der Waals surface area contributed by atoms with Crippen molar-refractivity contribution in [2.24, 2.45) is 11.1 Å². The van der Waals surface area contributed by atoms with Gasteiger partial charge < -0.3 is 11.1 Å². The van der Waals surface area contributed by atoms with Gasteiger partial charge in [0.25, 0.3) is 0 Å². The van der Waals surface area contributed by atoms with Crippen molar-refractivity contribution in [2.75, 3.05) is 0 Å². The molecule has 3 N–H and O–H groups in total. The summed E-state index contributed by atoms with van der Waals surface area (Å²) >= 11 is 0. The summed E-state index contributed by atoms with van der Waals surface area (Å²) in [4.78, 5) is 12.1. The van der Waals surface area contributed by atoms with Gasteiger partial charge in [-0.25, -0.2) is 0 Å². The van der Waals surface area contributed by atoms with Crippen LogP contribution in [0.5, 0.6) is 0 Å². The van der Waals surface area contributed by atoms with E-state index in [0.29, 0.717) is 6.42 Å². The van der Waals surface area contributed by atoms with E-state index in [0.717, 1.165) is 6.42 Å². The van der Waals surface area contributed by atoms with E-state index >= 15 is 0 Å². The van der Waals surface area contributed by atoms with Gasteiger partial charge in [0.2, 0.25) is 5.91 Å². The fourth-order valence-corrected chi connectivity index (χ4v) is 1.07. The minimum Gasteiger partial charge on any atom is -0.352 e. The van der Waals surface area contributed by atoms with Crippen LogP contribution in [0, 0.1) is 16.7 Å². The second-order valence-corrected chi connectivity index (χ2v) is 5.29. The second-order valence-electron chi connectivity index (χ2n) is 5.29. The van der Waals surface area contributed by atoms with Crippen molar-refractivity contribution in [3.8, 4) is 6.07 Å². The number of rotatable bonds is 5. The van der Waals surface area contributed by atoms with Gasteiger partial charge in [-0.2, -0.15) is 5.26 Å². The Morgan fingerprint density at radius 2 is 1.94 bits per heavy atom. The lowest BCUT2D eigenvalue weighted by Crippen LogP contribution is -2.57. The van der Waals surface area contributed by atoms with Gasteiger partial charge in [-0.05, 0) is 34.1 Å². The molecular formula is C12H23N3O. The Morgan fingerprint density at radius 3 is 2.25 bits per heavy atom. The van der Waals surface area contributed by atoms with E-state index in [4.69, 9.17) is 11.0 Å². The number of carbonyl (C=O) groups excluding carboxylic acids is 1. The van der Waals surface area contributed by atoms with Crippen molar-refractivity contribution >= 4 is 5.91 Å². The van der Waals surface area contributed by atoms with Gasteiger partial charge in [0.05, 0.1) is 17.9 Å². The highest BCUT2D eigenvalue weighted by Gasteiger charge is 2.40. The van der Waals surface area contributed by atoms with Gasteiger partial charge in [0.15, 0.2) is 0 Å². The Hall–Kier alpha value is -1.08. The maximum Gasteiger partial charge on any atom is 0.227 e. The van der Waals surface area contributed by atoms with E-state index in [1.165, 1.54) is 0 Å². The zero-order chi connectivity index (χ0) is 13.0. The van der Waals surface area contributed by atoms with E-state index in [-0.39, 0.29) is 11.9 Å². The Balaban J connectivity index is 4.64. The third-order valence-corrected chi connectivity index (χ3v) is 3.34. The normalized spacial score (nSPS) is 14.1. The van der Waals surface area contributed by atoms with Crippen LogP contribution in [0.2, 0.25) is 0 Å². The van der Waals surface area contributed by atoms with Crippen molar-refractivity contribution in [2.45, 2.75) is 59.0 Å². The lowest BCUT2D eigenvalue weighted by atomic mass is 9.74. The molecule has 0 aromatic rings. The van der Waals surface area contributed by atoms with Gasteiger partial charge in [0.1, 0.15) is 0 Å². The van der Waals surface area contributed by atoms with Crippen LogP contribution in [0.1, 0.15) is 47.5 Å². The van der Waals surface area contributed by atoms with Crippen molar-refractivity contribution in [1.29, 1.82) is 5.26 Å². The summed E-state index contributed by atoms with van der Waals surface area (Å²) in [6, 6.07) is 1.98. The highest BCUT2D eigenvalue weighted by atomic mass is 16.2. The number of amides is 1. The quantitative estimate of drug-likeness (QED) is 0.745. The van der Waals surface area contributed by atoms with Gasteiger partial charge in [-0.1, -0.05) is 6.92 Å². The van der Waals surface area contributed by atoms with Crippen molar-refractivity contribution in [3.05, 3.63) is 0 Å². The minimum atomic E-state index is -0.657. The van der Waals surface area contributed by atoms with Crippen LogP contribution in [0.3, 0.4) is 0 Å². The van der Waals surface area contributed by atoms with Crippen molar-refractivity contribution in [3.63, 3.8) is 0 Å². The van der Waals surface area contributed by atoms with E-state index in [1.54, 1.807) is 0 Å². The molecule has 0 aliphatic heterocycles. The lowest BCUT2D eigenvalue weighted by molar-refractivity contribution is -0.133. The van der Waals surface area contributed by atoms with Crippen LogP contribution in [0.4, 0.5) is 0 Å². The van der Waals surface area contributed by atoms with E-state index in [2.05, 4.69) is 11.4 Å². The monoisotopic (exact) mass is 225 g/mol. The molecule has 0 heterocycles. The standard InChI is InChI=1S/C12H23N3O/c1-6-9(7-8-13)15-10(16)11(2,3)12(4,5)14/h9H,6-7,14H2,1-5H3,(H,15,16). The molecule has 4 heteroatoms. The number of nitrogens with zero attached hydrogens (tertiary/aromatic N) is 1. The molecule has 0 fully saturated rings. The van der Waals surface area contributed by atoms with Crippen LogP contribution in [-0.2, 0) is 4.79 Å². The lowest BCUT2D eigenvalue weighted by Gasteiger charge is -2.37. The van der Waals surface area contributed by atoms with Crippen LogP contribution in [0.15, 0.2) is 0 Å². The predicted molar refractivity (Wildman–Crippen MR) is 64.5 cm³/mol. The highest BCUT2D eigenvalue weighted by molar-refractivity contribution is 5.83. The molecule has 0 rings (SSSR count). The summed E-state index contributed by atoms with van der Waals surface area (Å²) in [5, 5.41) is 11.5. The summed E-state index contributed by atoms with van der Waals surface area (Å²) in [7, 11) is 0. The van der Waals surface area contributed by atoms with Gasteiger partial charge in [0, 0.05) is 11.6 Å². The maximum absolute atomic E-state index is 12.1.